The molecule has 1 aromatic carbocycles. The molecule has 1 aliphatic rings. The van der Waals surface area contributed by atoms with E-state index in [2.05, 4.69) is 12.2 Å². The van der Waals surface area contributed by atoms with Crippen molar-refractivity contribution >= 4 is 46.2 Å². The highest BCUT2D eigenvalue weighted by Gasteiger charge is 2.31. The van der Waals surface area contributed by atoms with Crippen molar-refractivity contribution in [3.63, 3.8) is 0 Å². The van der Waals surface area contributed by atoms with Crippen molar-refractivity contribution in [2.24, 2.45) is 0 Å². The molecule has 6 heteroatoms. The first kappa shape index (κ1) is 19.4. The molecule has 0 aliphatic carbocycles. The molecule has 1 fully saturated rings. The monoisotopic (exact) mass is 374 g/mol. The van der Waals surface area contributed by atoms with Crippen LogP contribution in [0.15, 0.2) is 47.4 Å². The van der Waals surface area contributed by atoms with Gasteiger partial charge in [-0.2, -0.15) is 0 Å². The first-order chi connectivity index (χ1) is 12.1. The fourth-order valence-electron chi connectivity index (χ4n) is 2.22. The molecule has 0 radical (unpaired) electrons. The first-order valence-corrected chi connectivity index (χ1v) is 9.58. The SMILES string of the molecule is CCCCNC(=O)CCN1C(=O)C(=CC=Cc2ccccc2)SC1=S. The quantitative estimate of drug-likeness (QED) is 0.428. The van der Waals surface area contributed by atoms with Crippen LogP contribution in [-0.4, -0.2) is 34.1 Å². The van der Waals surface area contributed by atoms with E-state index >= 15 is 0 Å². The highest BCUT2D eigenvalue weighted by atomic mass is 32.2. The Labute approximate surface area is 158 Å². The third-order valence-corrected chi connectivity index (χ3v) is 5.02. The average Bonchev–Trinajstić information content (AvgIpc) is 2.88. The third kappa shape index (κ3) is 6.14. The van der Waals surface area contributed by atoms with E-state index < -0.39 is 0 Å². The maximum Gasteiger partial charge on any atom is 0.266 e. The normalized spacial score (nSPS) is 16.2. The molecular formula is C19H22N2O2S2. The number of allylic oxidation sites excluding steroid dienone is 2. The van der Waals surface area contributed by atoms with Crippen LogP contribution in [0.25, 0.3) is 6.08 Å². The lowest BCUT2D eigenvalue weighted by Gasteiger charge is -2.13. The summed E-state index contributed by atoms with van der Waals surface area (Å²) in [4.78, 5) is 26.3. The zero-order valence-electron chi connectivity index (χ0n) is 14.2. The second kappa shape index (κ2) is 10.2. The molecule has 1 aliphatic heterocycles. The number of carbonyl (C=O) groups is 2. The minimum absolute atomic E-state index is 0.0459. The summed E-state index contributed by atoms with van der Waals surface area (Å²) in [5, 5.41) is 2.85. The molecule has 1 N–H and O–H groups in total. The Morgan fingerprint density at radius 3 is 2.80 bits per heavy atom. The highest BCUT2D eigenvalue weighted by molar-refractivity contribution is 8.26. The maximum absolute atomic E-state index is 12.4. The van der Waals surface area contributed by atoms with E-state index in [0.29, 0.717) is 22.3 Å². The van der Waals surface area contributed by atoms with E-state index in [1.807, 2.05) is 42.5 Å². The Balaban J connectivity index is 1.87. The number of rotatable bonds is 8. The minimum Gasteiger partial charge on any atom is -0.356 e. The van der Waals surface area contributed by atoms with Crippen molar-refractivity contribution in [3.05, 3.63) is 53.0 Å². The van der Waals surface area contributed by atoms with Gasteiger partial charge in [0.2, 0.25) is 5.91 Å². The molecule has 2 amide bonds. The van der Waals surface area contributed by atoms with Crippen molar-refractivity contribution < 1.29 is 9.59 Å². The molecule has 1 heterocycles. The molecule has 0 spiro atoms. The second-order valence-corrected chi connectivity index (χ2v) is 7.25. The summed E-state index contributed by atoms with van der Waals surface area (Å²) in [6.45, 7) is 3.07. The summed E-state index contributed by atoms with van der Waals surface area (Å²) in [6, 6.07) is 9.87. The largest absolute Gasteiger partial charge is 0.356 e. The van der Waals surface area contributed by atoms with Crippen molar-refractivity contribution in [1.82, 2.24) is 10.2 Å². The lowest BCUT2D eigenvalue weighted by Crippen LogP contribution is -2.33. The van der Waals surface area contributed by atoms with Gasteiger partial charge in [0, 0.05) is 19.5 Å². The van der Waals surface area contributed by atoms with Crippen LogP contribution in [0.5, 0.6) is 0 Å². The van der Waals surface area contributed by atoms with Gasteiger partial charge in [-0.1, -0.05) is 79.8 Å². The van der Waals surface area contributed by atoms with Gasteiger partial charge < -0.3 is 5.32 Å². The van der Waals surface area contributed by atoms with Crippen molar-refractivity contribution in [2.45, 2.75) is 26.2 Å². The molecular weight excluding hydrogens is 352 g/mol. The summed E-state index contributed by atoms with van der Waals surface area (Å²) >= 11 is 6.54. The number of hydrogen-bond acceptors (Lipinski definition) is 4. The van der Waals surface area contributed by atoms with Gasteiger partial charge in [-0.05, 0) is 18.1 Å². The summed E-state index contributed by atoms with van der Waals surface area (Å²) in [5.74, 6) is -0.176. The Morgan fingerprint density at radius 2 is 2.08 bits per heavy atom. The van der Waals surface area contributed by atoms with Gasteiger partial charge in [0.1, 0.15) is 4.32 Å². The van der Waals surface area contributed by atoms with Gasteiger partial charge in [0.05, 0.1) is 4.91 Å². The maximum atomic E-state index is 12.4. The highest BCUT2D eigenvalue weighted by Crippen LogP contribution is 2.31. The summed E-state index contributed by atoms with van der Waals surface area (Å²) in [5.41, 5.74) is 1.07. The molecule has 0 atom stereocenters. The fourth-order valence-corrected chi connectivity index (χ4v) is 3.48. The van der Waals surface area contributed by atoms with Crippen LogP contribution in [0.1, 0.15) is 31.7 Å². The number of benzene rings is 1. The number of unbranched alkanes of at least 4 members (excludes halogenated alkanes) is 1. The average molecular weight is 375 g/mol. The number of hydrogen-bond donors (Lipinski definition) is 1. The molecule has 0 unspecified atom stereocenters. The third-order valence-electron chi connectivity index (χ3n) is 3.62. The Morgan fingerprint density at radius 1 is 1.32 bits per heavy atom. The number of amides is 2. The summed E-state index contributed by atoms with van der Waals surface area (Å²) in [6.07, 6.45) is 7.82. The Kier molecular flexibility index (Phi) is 7.88. The van der Waals surface area contributed by atoms with Gasteiger partial charge in [-0.15, -0.1) is 0 Å². The first-order valence-electron chi connectivity index (χ1n) is 8.35. The summed E-state index contributed by atoms with van der Waals surface area (Å²) < 4.78 is 0.505. The zero-order valence-corrected chi connectivity index (χ0v) is 15.9. The van der Waals surface area contributed by atoms with Crippen LogP contribution in [0.4, 0.5) is 0 Å². The predicted molar refractivity (Wildman–Crippen MR) is 108 cm³/mol. The minimum atomic E-state index is -0.130. The predicted octanol–water partition coefficient (Wildman–Crippen LogP) is 3.75. The van der Waals surface area contributed by atoms with Crippen LogP contribution in [-0.2, 0) is 9.59 Å². The van der Waals surface area contributed by atoms with E-state index in [9.17, 15) is 9.59 Å². The van der Waals surface area contributed by atoms with E-state index in [0.717, 1.165) is 18.4 Å². The molecule has 0 aromatic heterocycles. The van der Waals surface area contributed by atoms with Crippen molar-refractivity contribution in [2.75, 3.05) is 13.1 Å². The molecule has 2 rings (SSSR count). The van der Waals surface area contributed by atoms with Crippen molar-refractivity contribution in [1.29, 1.82) is 0 Å². The number of thiocarbonyl (C=S) groups is 1. The standard InChI is InChI=1S/C19H22N2O2S2/c1-2-3-13-20-17(22)12-14-21-18(23)16(25-19(21)24)11-7-10-15-8-5-4-6-9-15/h4-11H,2-3,12-14H2,1H3,(H,20,22). The van der Waals surface area contributed by atoms with E-state index in [1.165, 1.54) is 16.7 Å². The topological polar surface area (TPSA) is 49.4 Å². The molecule has 0 saturated carbocycles. The lowest BCUT2D eigenvalue weighted by atomic mass is 10.2. The van der Waals surface area contributed by atoms with Crippen LogP contribution in [0.3, 0.4) is 0 Å². The molecule has 4 nitrogen and oxygen atoms in total. The smallest absolute Gasteiger partial charge is 0.266 e. The van der Waals surface area contributed by atoms with E-state index in [4.69, 9.17) is 12.2 Å². The van der Waals surface area contributed by atoms with Gasteiger partial charge in [0.25, 0.3) is 5.91 Å². The van der Waals surface area contributed by atoms with Crippen molar-refractivity contribution in [3.8, 4) is 0 Å². The second-order valence-electron chi connectivity index (χ2n) is 5.58. The molecule has 1 saturated heterocycles. The lowest BCUT2D eigenvalue weighted by molar-refractivity contribution is -0.123. The molecule has 1 aromatic rings. The number of carbonyl (C=O) groups excluding carboxylic acids is 2. The fraction of sp³-hybridized carbons (Fsp3) is 0.316. The van der Waals surface area contributed by atoms with Gasteiger partial charge in [0.15, 0.2) is 0 Å². The van der Waals surface area contributed by atoms with Crippen LogP contribution < -0.4 is 5.32 Å². The van der Waals surface area contributed by atoms with Gasteiger partial charge in [-0.25, -0.2) is 0 Å². The number of nitrogens with one attached hydrogen (secondary N) is 1. The number of nitrogens with zero attached hydrogens (tertiary/aromatic N) is 1. The Hall–Kier alpha value is -1.92. The molecule has 25 heavy (non-hydrogen) atoms. The van der Waals surface area contributed by atoms with Gasteiger partial charge in [-0.3, -0.25) is 14.5 Å². The Bertz CT molecular complexity index is 684. The van der Waals surface area contributed by atoms with E-state index in [1.54, 1.807) is 6.08 Å². The zero-order chi connectivity index (χ0) is 18.1. The van der Waals surface area contributed by atoms with Gasteiger partial charge >= 0.3 is 0 Å². The number of thioether (sulfide) groups is 1. The van der Waals surface area contributed by atoms with Crippen LogP contribution in [0, 0.1) is 0 Å². The van der Waals surface area contributed by atoms with Crippen LogP contribution >= 0.6 is 24.0 Å². The molecule has 132 valence electrons. The van der Waals surface area contributed by atoms with E-state index in [-0.39, 0.29) is 18.2 Å². The summed E-state index contributed by atoms with van der Waals surface area (Å²) in [7, 11) is 0. The van der Waals surface area contributed by atoms with Crippen LogP contribution in [0.2, 0.25) is 0 Å². The molecule has 0 bridgehead atoms.